The lowest BCUT2D eigenvalue weighted by molar-refractivity contribution is 0.725. The van der Waals surface area contributed by atoms with E-state index >= 15 is 0 Å². The molecule has 0 heterocycles. The van der Waals surface area contributed by atoms with E-state index in [1.165, 1.54) is 0 Å². The van der Waals surface area contributed by atoms with Crippen molar-refractivity contribution in [1.29, 1.82) is 0 Å². The lowest BCUT2D eigenvalue weighted by Gasteiger charge is -2.04. The lowest BCUT2D eigenvalue weighted by atomic mass is 10.1. The van der Waals surface area contributed by atoms with E-state index in [2.05, 4.69) is 5.32 Å². The Morgan fingerprint density at radius 1 is 1.31 bits per heavy atom. The second-order valence-corrected chi connectivity index (χ2v) is 3.71. The van der Waals surface area contributed by atoms with E-state index in [-0.39, 0.29) is 0 Å². The number of hydrogen-bond acceptors (Lipinski definition) is 1. The standard InChI is InChI=1S/C10H13Cl2N/c1-13-7-3-5-8-4-2-6-9(11)10(8)12/h2,4,6,13H,3,5,7H2,1H3. The Morgan fingerprint density at radius 2 is 2.08 bits per heavy atom. The van der Waals surface area contributed by atoms with Gasteiger partial charge in [-0.3, -0.25) is 0 Å². The second kappa shape index (κ2) is 5.48. The van der Waals surface area contributed by atoms with Gasteiger partial charge in [0.1, 0.15) is 0 Å². The van der Waals surface area contributed by atoms with Gasteiger partial charge in [-0.1, -0.05) is 35.3 Å². The van der Waals surface area contributed by atoms with Gasteiger partial charge < -0.3 is 5.32 Å². The minimum absolute atomic E-state index is 0.642. The van der Waals surface area contributed by atoms with Crippen LogP contribution in [0.3, 0.4) is 0 Å². The zero-order valence-electron chi connectivity index (χ0n) is 7.61. The van der Waals surface area contributed by atoms with Gasteiger partial charge in [0.25, 0.3) is 0 Å². The summed E-state index contributed by atoms with van der Waals surface area (Å²) >= 11 is 11.9. The van der Waals surface area contributed by atoms with Crippen molar-refractivity contribution in [1.82, 2.24) is 5.32 Å². The molecule has 1 rings (SSSR count). The number of hydrogen-bond donors (Lipinski definition) is 1. The van der Waals surface area contributed by atoms with Gasteiger partial charge in [-0.2, -0.15) is 0 Å². The van der Waals surface area contributed by atoms with Crippen molar-refractivity contribution in [3.8, 4) is 0 Å². The first-order chi connectivity index (χ1) is 6.25. The monoisotopic (exact) mass is 217 g/mol. The summed E-state index contributed by atoms with van der Waals surface area (Å²) < 4.78 is 0. The SMILES string of the molecule is CNCCCc1cccc(Cl)c1Cl. The Kier molecular flexibility index (Phi) is 4.57. The Labute approximate surface area is 89.0 Å². The maximum absolute atomic E-state index is 6.02. The second-order valence-electron chi connectivity index (χ2n) is 2.92. The maximum atomic E-state index is 6.02. The van der Waals surface area contributed by atoms with Gasteiger partial charge in [-0.05, 0) is 38.1 Å². The average Bonchev–Trinajstić information content (AvgIpc) is 2.13. The fraction of sp³-hybridized carbons (Fsp3) is 0.400. The van der Waals surface area contributed by atoms with Crippen molar-refractivity contribution in [2.45, 2.75) is 12.8 Å². The topological polar surface area (TPSA) is 12.0 Å². The Hall–Kier alpha value is -0.240. The lowest BCUT2D eigenvalue weighted by Crippen LogP contribution is -2.08. The van der Waals surface area contributed by atoms with Crippen LogP contribution < -0.4 is 5.32 Å². The molecule has 0 aromatic heterocycles. The van der Waals surface area contributed by atoms with Crippen LogP contribution in [0.5, 0.6) is 0 Å². The average molecular weight is 218 g/mol. The van der Waals surface area contributed by atoms with Crippen LogP contribution in [-0.2, 0) is 6.42 Å². The van der Waals surface area contributed by atoms with Crippen LogP contribution in [0.25, 0.3) is 0 Å². The highest BCUT2D eigenvalue weighted by molar-refractivity contribution is 6.42. The molecule has 0 radical (unpaired) electrons. The molecule has 1 nitrogen and oxygen atoms in total. The highest BCUT2D eigenvalue weighted by Crippen LogP contribution is 2.26. The van der Waals surface area contributed by atoms with E-state index < -0.39 is 0 Å². The molecule has 3 heteroatoms. The first-order valence-electron chi connectivity index (χ1n) is 4.33. The van der Waals surface area contributed by atoms with E-state index in [0.29, 0.717) is 10.0 Å². The van der Waals surface area contributed by atoms with Crippen molar-refractivity contribution in [3.05, 3.63) is 33.8 Å². The third-order valence-corrected chi connectivity index (χ3v) is 2.76. The van der Waals surface area contributed by atoms with Gasteiger partial charge in [-0.25, -0.2) is 0 Å². The van der Waals surface area contributed by atoms with Gasteiger partial charge in [-0.15, -0.1) is 0 Å². The summed E-state index contributed by atoms with van der Waals surface area (Å²) in [7, 11) is 1.94. The molecule has 0 spiro atoms. The van der Waals surface area contributed by atoms with E-state index in [1.807, 2.05) is 25.2 Å². The Morgan fingerprint density at radius 3 is 2.77 bits per heavy atom. The third-order valence-electron chi connectivity index (χ3n) is 1.90. The molecule has 0 bridgehead atoms. The molecule has 0 aliphatic carbocycles. The fourth-order valence-corrected chi connectivity index (χ4v) is 1.61. The minimum Gasteiger partial charge on any atom is -0.320 e. The first-order valence-corrected chi connectivity index (χ1v) is 5.09. The van der Waals surface area contributed by atoms with Crippen LogP contribution in [0, 0.1) is 0 Å². The highest BCUT2D eigenvalue weighted by atomic mass is 35.5. The molecular formula is C10H13Cl2N. The molecular weight excluding hydrogens is 205 g/mol. The van der Waals surface area contributed by atoms with E-state index in [4.69, 9.17) is 23.2 Å². The summed E-state index contributed by atoms with van der Waals surface area (Å²) in [6.45, 7) is 1.00. The number of halogens is 2. The summed E-state index contributed by atoms with van der Waals surface area (Å²) in [6, 6.07) is 5.76. The largest absolute Gasteiger partial charge is 0.320 e. The van der Waals surface area contributed by atoms with Gasteiger partial charge in [0.15, 0.2) is 0 Å². The van der Waals surface area contributed by atoms with Crippen LogP contribution in [0.4, 0.5) is 0 Å². The molecule has 1 N–H and O–H groups in total. The molecule has 0 atom stereocenters. The molecule has 72 valence electrons. The third kappa shape index (κ3) is 3.18. The molecule has 0 aliphatic rings. The van der Waals surface area contributed by atoms with Crippen LogP contribution in [0.15, 0.2) is 18.2 Å². The van der Waals surface area contributed by atoms with Crippen molar-refractivity contribution in [3.63, 3.8) is 0 Å². The molecule has 13 heavy (non-hydrogen) atoms. The number of rotatable bonds is 4. The maximum Gasteiger partial charge on any atom is 0.0624 e. The molecule has 1 aromatic carbocycles. The van der Waals surface area contributed by atoms with E-state index in [0.717, 1.165) is 24.9 Å². The first kappa shape index (κ1) is 10.8. The van der Waals surface area contributed by atoms with Gasteiger partial charge >= 0.3 is 0 Å². The van der Waals surface area contributed by atoms with Gasteiger partial charge in [0.2, 0.25) is 0 Å². The Balaban J connectivity index is 2.61. The van der Waals surface area contributed by atoms with Gasteiger partial charge in [0.05, 0.1) is 10.0 Å². The quantitative estimate of drug-likeness (QED) is 0.765. The zero-order valence-corrected chi connectivity index (χ0v) is 9.12. The van der Waals surface area contributed by atoms with Crippen molar-refractivity contribution in [2.24, 2.45) is 0 Å². The molecule has 1 aromatic rings. The Bertz CT molecular complexity index is 274. The summed E-state index contributed by atoms with van der Waals surface area (Å²) in [5, 5.41) is 4.43. The predicted octanol–water partition coefficient (Wildman–Crippen LogP) is 3.15. The molecule has 0 saturated heterocycles. The number of benzene rings is 1. The van der Waals surface area contributed by atoms with Crippen molar-refractivity contribution >= 4 is 23.2 Å². The summed E-state index contributed by atoms with van der Waals surface area (Å²) in [5.74, 6) is 0. The molecule has 0 saturated carbocycles. The summed E-state index contributed by atoms with van der Waals surface area (Å²) in [5.41, 5.74) is 1.13. The number of aryl methyl sites for hydroxylation is 1. The van der Waals surface area contributed by atoms with Crippen molar-refractivity contribution < 1.29 is 0 Å². The normalized spacial score (nSPS) is 10.4. The smallest absolute Gasteiger partial charge is 0.0624 e. The van der Waals surface area contributed by atoms with Crippen LogP contribution in [-0.4, -0.2) is 13.6 Å². The van der Waals surface area contributed by atoms with Crippen LogP contribution >= 0.6 is 23.2 Å². The molecule has 0 unspecified atom stereocenters. The predicted molar refractivity (Wildman–Crippen MR) is 58.7 cm³/mol. The van der Waals surface area contributed by atoms with Crippen molar-refractivity contribution in [2.75, 3.05) is 13.6 Å². The molecule has 0 amide bonds. The number of nitrogens with one attached hydrogen (secondary N) is 1. The van der Waals surface area contributed by atoms with E-state index in [1.54, 1.807) is 0 Å². The van der Waals surface area contributed by atoms with Gasteiger partial charge in [0, 0.05) is 0 Å². The minimum atomic E-state index is 0.642. The van der Waals surface area contributed by atoms with Crippen LogP contribution in [0.2, 0.25) is 10.0 Å². The highest BCUT2D eigenvalue weighted by Gasteiger charge is 2.02. The summed E-state index contributed by atoms with van der Waals surface area (Å²) in [4.78, 5) is 0. The molecule has 0 fully saturated rings. The van der Waals surface area contributed by atoms with Crippen LogP contribution in [0.1, 0.15) is 12.0 Å². The summed E-state index contributed by atoms with van der Waals surface area (Å²) in [6.07, 6.45) is 2.05. The molecule has 0 aliphatic heterocycles. The fourth-order valence-electron chi connectivity index (χ4n) is 1.20. The zero-order chi connectivity index (χ0) is 9.68. The van der Waals surface area contributed by atoms with E-state index in [9.17, 15) is 0 Å².